The SMILES string of the molecule is CC(CNC(=O)CC1CC2CCC(C1)N2)CN1CCCC1.Cl.Cl. The normalized spacial score (nSPS) is 31.1. The molecule has 3 aliphatic rings. The molecule has 0 aromatic carbocycles. The van der Waals surface area contributed by atoms with Crippen molar-refractivity contribution in [2.24, 2.45) is 11.8 Å². The van der Waals surface area contributed by atoms with Crippen LogP contribution in [0.15, 0.2) is 0 Å². The van der Waals surface area contributed by atoms with Gasteiger partial charge in [0.15, 0.2) is 0 Å². The Bertz CT molecular complexity index is 352. The van der Waals surface area contributed by atoms with Crippen molar-refractivity contribution < 1.29 is 4.79 Å². The lowest BCUT2D eigenvalue weighted by molar-refractivity contribution is -0.122. The molecule has 3 atom stereocenters. The number of carbonyl (C=O) groups is 1. The summed E-state index contributed by atoms with van der Waals surface area (Å²) in [5.41, 5.74) is 0. The van der Waals surface area contributed by atoms with E-state index < -0.39 is 0 Å². The predicted octanol–water partition coefficient (Wildman–Crippen LogP) is 2.60. The van der Waals surface area contributed by atoms with Gasteiger partial charge in [0.25, 0.3) is 0 Å². The van der Waals surface area contributed by atoms with Gasteiger partial charge in [0.1, 0.15) is 0 Å². The molecular formula is C17H33Cl2N3O. The van der Waals surface area contributed by atoms with Gasteiger partial charge in [0, 0.05) is 31.6 Å². The van der Waals surface area contributed by atoms with E-state index in [0.717, 1.165) is 19.5 Å². The van der Waals surface area contributed by atoms with Gasteiger partial charge < -0.3 is 15.5 Å². The topological polar surface area (TPSA) is 44.4 Å². The number of hydrogen-bond donors (Lipinski definition) is 2. The number of nitrogens with one attached hydrogen (secondary N) is 2. The molecule has 23 heavy (non-hydrogen) atoms. The fourth-order valence-corrected chi connectivity index (χ4v) is 4.43. The fraction of sp³-hybridized carbons (Fsp3) is 0.941. The van der Waals surface area contributed by atoms with Crippen LogP contribution in [0, 0.1) is 11.8 Å². The van der Waals surface area contributed by atoms with Crippen LogP contribution in [0.2, 0.25) is 0 Å². The summed E-state index contributed by atoms with van der Waals surface area (Å²) in [5, 5.41) is 6.81. The van der Waals surface area contributed by atoms with Crippen molar-refractivity contribution in [1.29, 1.82) is 0 Å². The first-order valence-corrected chi connectivity index (χ1v) is 8.94. The average Bonchev–Trinajstić information content (AvgIpc) is 3.06. The molecule has 0 aliphatic carbocycles. The summed E-state index contributed by atoms with van der Waals surface area (Å²) in [5.74, 6) is 1.45. The second-order valence-electron chi connectivity index (χ2n) is 7.60. The van der Waals surface area contributed by atoms with Gasteiger partial charge in [-0.3, -0.25) is 4.79 Å². The van der Waals surface area contributed by atoms with E-state index in [-0.39, 0.29) is 30.7 Å². The van der Waals surface area contributed by atoms with Crippen LogP contribution in [0.4, 0.5) is 0 Å². The van der Waals surface area contributed by atoms with Crippen LogP contribution in [0.5, 0.6) is 0 Å². The van der Waals surface area contributed by atoms with E-state index in [4.69, 9.17) is 0 Å². The first-order chi connectivity index (χ1) is 10.2. The van der Waals surface area contributed by atoms with E-state index in [9.17, 15) is 4.79 Å². The molecule has 0 saturated carbocycles. The molecule has 0 radical (unpaired) electrons. The number of fused-ring (bicyclic) bond motifs is 2. The maximum Gasteiger partial charge on any atom is 0.220 e. The molecule has 4 nitrogen and oxygen atoms in total. The van der Waals surface area contributed by atoms with E-state index in [2.05, 4.69) is 22.5 Å². The van der Waals surface area contributed by atoms with E-state index in [1.54, 1.807) is 0 Å². The van der Waals surface area contributed by atoms with Crippen molar-refractivity contribution in [3.8, 4) is 0 Å². The number of likely N-dealkylation sites (tertiary alicyclic amines) is 1. The Kier molecular flexibility index (Phi) is 9.20. The smallest absolute Gasteiger partial charge is 0.220 e. The molecule has 3 fully saturated rings. The molecule has 136 valence electrons. The number of piperidine rings is 1. The maximum absolute atomic E-state index is 12.1. The maximum atomic E-state index is 12.1. The van der Waals surface area contributed by atoms with Crippen molar-refractivity contribution in [2.45, 2.75) is 64.0 Å². The van der Waals surface area contributed by atoms with Gasteiger partial charge in [0.2, 0.25) is 5.91 Å². The van der Waals surface area contributed by atoms with Crippen LogP contribution in [-0.2, 0) is 4.79 Å². The second-order valence-corrected chi connectivity index (χ2v) is 7.60. The number of hydrogen-bond acceptors (Lipinski definition) is 3. The molecule has 2 bridgehead atoms. The van der Waals surface area contributed by atoms with Gasteiger partial charge in [0.05, 0.1) is 0 Å². The van der Waals surface area contributed by atoms with Crippen molar-refractivity contribution in [1.82, 2.24) is 15.5 Å². The molecule has 0 spiro atoms. The van der Waals surface area contributed by atoms with E-state index in [1.165, 1.54) is 51.6 Å². The van der Waals surface area contributed by atoms with Crippen molar-refractivity contribution in [3.63, 3.8) is 0 Å². The van der Waals surface area contributed by atoms with Gasteiger partial charge in [-0.2, -0.15) is 0 Å². The lowest BCUT2D eigenvalue weighted by Gasteiger charge is -2.28. The highest BCUT2D eigenvalue weighted by atomic mass is 35.5. The zero-order valence-corrected chi connectivity index (χ0v) is 15.9. The Morgan fingerprint density at radius 1 is 1.17 bits per heavy atom. The van der Waals surface area contributed by atoms with Crippen molar-refractivity contribution in [2.75, 3.05) is 26.2 Å². The summed E-state index contributed by atoms with van der Waals surface area (Å²) < 4.78 is 0. The van der Waals surface area contributed by atoms with Crippen LogP contribution in [0.1, 0.15) is 51.9 Å². The molecule has 1 amide bonds. The Morgan fingerprint density at radius 2 is 1.78 bits per heavy atom. The number of amides is 1. The Morgan fingerprint density at radius 3 is 2.39 bits per heavy atom. The summed E-state index contributed by atoms with van der Waals surface area (Å²) >= 11 is 0. The molecule has 3 unspecified atom stereocenters. The van der Waals surface area contributed by atoms with E-state index in [0.29, 0.717) is 23.9 Å². The number of nitrogens with zero attached hydrogens (tertiary/aromatic N) is 1. The molecule has 6 heteroatoms. The molecule has 2 N–H and O–H groups in total. The molecule has 3 heterocycles. The summed E-state index contributed by atoms with van der Waals surface area (Å²) in [6.07, 6.45) is 8.46. The Labute approximate surface area is 153 Å². The average molecular weight is 366 g/mol. The third-order valence-corrected chi connectivity index (χ3v) is 5.46. The highest BCUT2D eigenvalue weighted by Crippen LogP contribution is 2.32. The van der Waals surface area contributed by atoms with Crippen LogP contribution in [0.3, 0.4) is 0 Å². The van der Waals surface area contributed by atoms with Gasteiger partial charge in [-0.05, 0) is 63.5 Å². The number of carbonyl (C=O) groups excluding carboxylic acids is 1. The predicted molar refractivity (Wildman–Crippen MR) is 99.6 cm³/mol. The van der Waals surface area contributed by atoms with E-state index in [1.807, 2.05) is 0 Å². The zero-order valence-electron chi connectivity index (χ0n) is 14.3. The summed E-state index contributed by atoms with van der Waals surface area (Å²) in [6, 6.07) is 1.38. The van der Waals surface area contributed by atoms with Gasteiger partial charge in [-0.1, -0.05) is 6.92 Å². The molecule has 0 aromatic heterocycles. The van der Waals surface area contributed by atoms with Crippen LogP contribution in [-0.4, -0.2) is 49.1 Å². The number of halogens is 2. The first-order valence-electron chi connectivity index (χ1n) is 8.94. The zero-order chi connectivity index (χ0) is 14.7. The van der Waals surface area contributed by atoms with Crippen molar-refractivity contribution in [3.05, 3.63) is 0 Å². The first kappa shape index (κ1) is 21.0. The monoisotopic (exact) mass is 365 g/mol. The standard InChI is InChI=1S/C17H31N3O.2ClH/c1-13(12-20-6-2-3-7-20)11-18-17(21)10-14-8-15-4-5-16(9-14)19-15;;/h13-16,19H,2-12H2,1H3,(H,18,21);2*1H. The van der Waals surface area contributed by atoms with Crippen LogP contribution >= 0.6 is 24.8 Å². The quantitative estimate of drug-likeness (QED) is 0.760. The lowest BCUT2D eigenvalue weighted by atomic mass is 9.89. The summed E-state index contributed by atoms with van der Waals surface area (Å²) in [4.78, 5) is 14.7. The minimum absolute atomic E-state index is 0. The van der Waals surface area contributed by atoms with Crippen molar-refractivity contribution >= 4 is 30.7 Å². The highest BCUT2D eigenvalue weighted by molar-refractivity contribution is 5.85. The van der Waals surface area contributed by atoms with Crippen LogP contribution < -0.4 is 10.6 Å². The molecule has 3 aliphatic heterocycles. The van der Waals surface area contributed by atoms with Gasteiger partial charge >= 0.3 is 0 Å². The molecule has 3 saturated heterocycles. The van der Waals surface area contributed by atoms with Gasteiger partial charge in [-0.15, -0.1) is 24.8 Å². The lowest BCUT2D eigenvalue weighted by Crippen LogP contribution is -2.40. The van der Waals surface area contributed by atoms with E-state index >= 15 is 0 Å². The Balaban J connectivity index is 0.00000132. The van der Waals surface area contributed by atoms with Gasteiger partial charge in [-0.25, -0.2) is 0 Å². The summed E-state index contributed by atoms with van der Waals surface area (Å²) in [6.45, 7) is 6.72. The Hall–Kier alpha value is -0.0300. The molecule has 3 rings (SSSR count). The molecular weight excluding hydrogens is 333 g/mol. The second kappa shape index (κ2) is 10.1. The number of rotatable bonds is 6. The minimum Gasteiger partial charge on any atom is -0.356 e. The van der Waals surface area contributed by atoms with Crippen LogP contribution in [0.25, 0.3) is 0 Å². The largest absolute Gasteiger partial charge is 0.356 e. The summed E-state index contributed by atoms with van der Waals surface area (Å²) in [7, 11) is 0. The third-order valence-electron chi connectivity index (χ3n) is 5.46. The molecule has 0 aromatic rings. The highest BCUT2D eigenvalue weighted by Gasteiger charge is 2.34. The fourth-order valence-electron chi connectivity index (χ4n) is 4.43. The minimum atomic E-state index is 0. The third kappa shape index (κ3) is 6.41.